The Kier molecular flexibility index (Phi) is 5.01. The zero-order chi connectivity index (χ0) is 15.4. The molecule has 0 fully saturated rings. The van der Waals surface area contributed by atoms with Crippen molar-refractivity contribution in [3.63, 3.8) is 0 Å². The molecular weight excluding hydrogens is 347 g/mol. The number of hydrogen-bond acceptors (Lipinski definition) is 1. The van der Waals surface area contributed by atoms with Gasteiger partial charge in [-0.05, 0) is 30.2 Å². The number of hydrogen-bond donors (Lipinski definition) is 1. The van der Waals surface area contributed by atoms with Gasteiger partial charge in [0.1, 0.15) is 5.82 Å². The molecule has 1 unspecified atom stereocenters. The van der Waals surface area contributed by atoms with E-state index >= 15 is 0 Å². The van der Waals surface area contributed by atoms with Gasteiger partial charge in [0.25, 0.3) is 0 Å². The molecule has 21 heavy (non-hydrogen) atoms. The minimum absolute atomic E-state index is 0.136. The minimum Gasteiger partial charge on any atom is -0.325 e. The average molecular weight is 358 g/mol. The van der Waals surface area contributed by atoms with Crippen LogP contribution in [0.5, 0.6) is 0 Å². The third-order valence-electron chi connectivity index (χ3n) is 2.83. The fourth-order valence-corrected chi connectivity index (χ4v) is 2.21. The van der Waals surface area contributed by atoms with Gasteiger partial charge in [-0.2, -0.15) is 0 Å². The molecule has 0 radical (unpaired) electrons. The zero-order valence-electron chi connectivity index (χ0n) is 10.7. The van der Waals surface area contributed by atoms with Gasteiger partial charge in [0.2, 0.25) is 5.91 Å². The van der Waals surface area contributed by atoms with E-state index in [1.165, 1.54) is 12.1 Å². The van der Waals surface area contributed by atoms with Crippen LogP contribution in [0.1, 0.15) is 5.56 Å². The molecule has 1 N–H and O–H groups in total. The van der Waals surface area contributed by atoms with Crippen molar-refractivity contribution < 1.29 is 18.0 Å². The third kappa shape index (κ3) is 4.07. The fourth-order valence-electron chi connectivity index (χ4n) is 1.74. The van der Waals surface area contributed by atoms with E-state index in [0.29, 0.717) is 5.56 Å². The van der Waals surface area contributed by atoms with Gasteiger partial charge in [0, 0.05) is 11.8 Å². The SMILES string of the molecule is O=C(Nc1ccc(F)c(F)c1)C(Br)Cc1ccccc1F. The summed E-state index contributed by atoms with van der Waals surface area (Å²) in [6, 6.07) is 9.17. The Morgan fingerprint density at radius 1 is 1.05 bits per heavy atom. The van der Waals surface area contributed by atoms with Crippen LogP contribution in [0.25, 0.3) is 0 Å². The topological polar surface area (TPSA) is 29.1 Å². The van der Waals surface area contributed by atoms with Crippen LogP contribution in [0.3, 0.4) is 0 Å². The molecular formula is C15H11BrF3NO. The van der Waals surface area contributed by atoms with Crippen molar-refractivity contribution in [1.82, 2.24) is 0 Å². The highest BCUT2D eigenvalue weighted by Crippen LogP contribution is 2.17. The number of amides is 1. The van der Waals surface area contributed by atoms with Gasteiger partial charge in [-0.1, -0.05) is 34.1 Å². The van der Waals surface area contributed by atoms with Crippen LogP contribution in [0.15, 0.2) is 42.5 Å². The van der Waals surface area contributed by atoms with E-state index in [1.807, 2.05) is 0 Å². The quantitative estimate of drug-likeness (QED) is 0.821. The first-order valence-electron chi connectivity index (χ1n) is 6.11. The lowest BCUT2D eigenvalue weighted by atomic mass is 10.1. The molecule has 0 aromatic heterocycles. The van der Waals surface area contributed by atoms with Crippen LogP contribution in [-0.4, -0.2) is 10.7 Å². The highest BCUT2D eigenvalue weighted by molar-refractivity contribution is 9.10. The number of rotatable bonds is 4. The summed E-state index contributed by atoms with van der Waals surface area (Å²) < 4.78 is 39.3. The van der Waals surface area contributed by atoms with Gasteiger partial charge in [0.05, 0.1) is 4.83 Å². The number of benzene rings is 2. The Bertz CT molecular complexity index is 663. The number of anilines is 1. The van der Waals surface area contributed by atoms with Crippen LogP contribution in [0.4, 0.5) is 18.9 Å². The first kappa shape index (κ1) is 15.6. The fraction of sp³-hybridized carbons (Fsp3) is 0.133. The Morgan fingerprint density at radius 3 is 2.43 bits per heavy atom. The maximum Gasteiger partial charge on any atom is 0.238 e. The Hall–Kier alpha value is -1.82. The number of alkyl halides is 1. The molecule has 110 valence electrons. The maximum atomic E-state index is 13.5. The first-order valence-corrected chi connectivity index (χ1v) is 7.02. The summed E-state index contributed by atoms with van der Waals surface area (Å²) in [5.74, 6) is -2.91. The van der Waals surface area contributed by atoms with Crippen molar-refractivity contribution in [1.29, 1.82) is 0 Å². The molecule has 0 aliphatic heterocycles. The summed E-state index contributed by atoms with van der Waals surface area (Å²) in [5.41, 5.74) is 0.525. The van der Waals surface area contributed by atoms with Gasteiger partial charge in [-0.3, -0.25) is 4.79 Å². The Balaban J connectivity index is 2.02. The molecule has 0 aliphatic carbocycles. The van der Waals surface area contributed by atoms with Gasteiger partial charge in [-0.15, -0.1) is 0 Å². The number of nitrogens with one attached hydrogen (secondary N) is 1. The predicted molar refractivity (Wildman–Crippen MR) is 77.8 cm³/mol. The van der Waals surface area contributed by atoms with E-state index in [2.05, 4.69) is 21.2 Å². The van der Waals surface area contributed by atoms with Crippen molar-refractivity contribution in [3.05, 3.63) is 65.5 Å². The number of carbonyl (C=O) groups excluding carboxylic acids is 1. The average Bonchev–Trinajstić information content (AvgIpc) is 2.45. The molecule has 2 nitrogen and oxygen atoms in total. The third-order valence-corrected chi connectivity index (χ3v) is 3.57. The molecule has 0 spiro atoms. The second-order valence-corrected chi connectivity index (χ2v) is 5.49. The van der Waals surface area contributed by atoms with Gasteiger partial charge < -0.3 is 5.32 Å². The first-order chi connectivity index (χ1) is 9.97. The normalized spacial score (nSPS) is 12.0. The zero-order valence-corrected chi connectivity index (χ0v) is 12.3. The second kappa shape index (κ2) is 6.76. The molecule has 2 rings (SSSR count). The lowest BCUT2D eigenvalue weighted by Gasteiger charge is -2.11. The lowest BCUT2D eigenvalue weighted by Crippen LogP contribution is -2.25. The Labute approximate surface area is 128 Å². The molecule has 2 aromatic rings. The molecule has 0 saturated carbocycles. The smallest absolute Gasteiger partial charge is 0.238 e. The summed E-state index contributed by atoms with van der Waals surface area (Å²) in [5, 5.41) is 2.43. The molecule has 6 heteroatoms. The van der Waals surface area contributed by atoms with E-state index in [-0.39, 0.29) is 12.1 Å². The molecule has 0 heterocycles. The second-order valence-electron chi connectivity index (χ2n) is 4.38. The molecule has 0 saturated heterocycles. The number of carbonyl (C=O) groups is 1. The van der Waals surface area contributed by atoms with Crippen molar-refractivity contribution in [2.45, 2.75) is 11.2 Å². The predicted octanol–water partition coefficient (Wildman–Crippen LogP) is 4.05. The van der Waals surface area contributed by atoms with Crippen molar-refractivity contribution >= 4 is 27.5 Å². The number of halogens is 4. The summed E-state index contributed by atoms with van der Waals surface area (Å²) >= 11 is 3.16. The van der Waals surface area contributed by atoms with Crippen LogP contribution in [0, 0.1) is 17.5 Å². The summed E-state index contributed by atoms with van der Waals surface area (Å²) in [4.78, 5) is 11.2. The monoisotopic (exact) mass is 357 g/mol. The molecule has 0 bridgehead atoms. The standard InChI is InChI=1S/C15H11BrF3NO/c16-11(7-9-3-1-2-4-12(9)17)15(21)20-10-5-6-13(18)14(19)8-10/h1-6,8,11H,7H2,(H,20,21). The van der Waals surface area contributed by atoms with E-state index in [1.54, 1.807) is 18.2 Å². The lowest BCUT2D eigenvalue weighted by molar-refractivity contribution is -0.115. The van der Waals surface area contributed by atoms with E-state index in [0.717, 1.165) is 12.1 Å². The minimum atomic E-state index is -1.05. The molecule has 1 atom stereocenters. The van der Waals surface area contributed by atoms with E-state index in [9.17, 15) is 18.0 Å². The summed E-state index contributed by atoms with van der Waals surface area (Å²) in [6.07, 6.45) is 0.141. The summed E-state index contributed by atoms with van der Waals surface area (Å²) in [7, 11) is 0. The van der Waals surface area contributed by atoms with Gasteiger partial charge >= 0.3 is 0 Å². The van der Waals surface area contributed by atoms with Gasteiger partial charge in [0.15, 0.2) is 11.6 Å². The molecule has 1 amide bonds. The van der Waals surface area contributed by atoms with Crippen molar-refractivity contribution in [3.8, 4) is 0 Å². The largest absolute Gasteiger partial charge is 0.325 e. The van der Waals surface area contributed by atoms with Crippen LogP contribution in [0.2, 0.25) is 0 Å². The molecule has 2 aromatic carbocycles. The van der Waals surface area contributed by atoms with Crippen LogP contribution < -0.4 is 5.32 Å². The van der Waals surface area contributed by atoms with E-state index in [4.69, 9.17) is 0 Å². The van der Waals surface area contributed by atoms with Crippen molar-refractivity contribution in [2.24, 2.45) is 0 Å². The van der Waals surface area contributed by atoms with E-state index < -0.39 is 28.2 Å². The van der Waals surface area contributed by atoms with Crippen LogP contribution in [-0.2, 0) is 11.2 Å². The summed E-state index contributed by atoms with van der Waals surface area (Å²) in [6.45, 7) is 0. The van der Waals surface area contributed by atoms with Crippen LogP contribution >= 0.6 is 15.9 Å². The highest BCUT2D eigenvalue weighted by Gasteiger charge is 2.17. The maximum absolute atomic E-state index is 13.5. The van der Waals surface area contributed by atoms with Crippen molar-refractivity contribution in [2.75, 3.05) is 5.32 Å². The molecule has 0 aliphatic rings. The highest BCUT2D eigenvalue weighted by atomic mass is 79.9. The Morgan fingerprint density at radius 2 is 1.76 bits per heavy atom. The van der Waals surface area contributed by atoms with Gasteiger partial charge in [-0.25, -0.2) is 13.2 Å².